The Morgan fingerprint density at radius 2 is 1.81 bits per heavy atom. The molecule has 8 heteroatoms. The smallest absolute Gasteiger partial charge is 0.230 e. The van der Waals surface area contributed by atoms with Gasteiger partial charge in [0.2, 0.25) is 5.91 Å². The summed E-state index contributed by atoms with van der Waals surface area (Å²) in [7, 11) is 5.36. The number of hydrogen-bond donors (Lipinski definition) is 1. The molecule has 0 radical (unpaired) electrons. The fourth-order valence-corrected chi connectivity index (χ4v) is 4.57. The molecular formula is C24H28N4O3S. The minimum absolute atomic E-state index is 0.0734. The third-order valence-electron chi connectivity index (χ3n) is 5.55. The summed E-state index contributed by atoms with van der Waals surface area (Å²) < 4.78 is 10.7. The molecule has 1 fully saturated rings. The van der Waals surface area contributed by atoms with Gasteiger partial charge < -0.3 is 24.6 Å². The van der Waals surface area contributed by atoms with Crippen LogP contribution in [0.25, 0.3) is 10.6 Å². The zero-order chi connectivity index (χ0) is 22.5. The number of aromatic nitrogens is 1. The van der Waals surface area contributed by atoms with E-state index >= 15 is 0 Å². The molecule has 1 N–H and O–H groups in total. The number of amides is 1. The van der Waals surface area contributed by atoms with Gasteiger partial charge in [-0.25, -0.2) is 4.98 Å². The maximum absolute atomic E-state index is 12.8. The third-order valence-corrected chi connectivity index (χ3v) is 6.49. The van der Waals surface area contributed by atoms with Crippen LogP contribution in [-0.4, -0.2) is 63.2 Å². The maximum Gasteiger partial charge on any atom is 0.230 e. The number of nitrogens with one attached hydrogen (secondary N) is 1. The average molecular weight is 453 g/mol. The van der Waals surface area contributed by atoms with Gasteiger partial charge in [0.05, 0.1) is 37.7 Å². The van der Waals surface area contributed by atoms with E-state index < -0.39 is 0 Å². The van der Waals surface area contributed by atoms with E-state index in [1.54, 1.807) is 14.2 Å². The fraction of sp³-hybridized carbons (Fsp3) is 0.333. The molecule has 7 nitrogen and oxygen atoms in total. The number of hydrogen-bond acceptors (Lipinski definition) is 7. The van der Waals surface area contributed by atoms with E-state index in [9.17, 15) is 4.79 Å². The van der Waals surface area contributed by atoms with E-state index in [4.69, 9.17) is 9.47 Å². The van der Waals surface area contributed by atoms with Crippen LogP contribution in [0.15, 0.2) is 47.8 Å². The molecule has 1 amide bonds. The van der Waals surface area contributed by atoms with Crippen molar-refractivity contribution >= 4 is 28.6 Å². The Balaban J connectivity index is 1.44. The molecule has 1 saturated heterocycles. The van der Waals surface area contributed by atoms with Crippen molar-refractivity contribution in [1.82, 2.24) is 9.88 Å². The first-order chi connectivity index (χ1) is 15.6. The highest BCUT2D eigenvalue weighted by Crippen LogP contribution is 2.33. The van der Waals surface area contributed by atoms with Gasteiger partial charge in [0.25, 0.3) is 0 Å². The van der Waals surface area contributed by atoms with Crippen molar-refractivity contribution < 1.29 is 14.3 Å². The van der Waals surface area contributed by atoms with Crippen LogP contribution >= 0.6 is 11.3 Å². The van der Waals surface area contributed by atoms with Crippen molar-refractivity contribution in [2.45, 2.75) is 6.42 Å². The number of ether oxygens (including phenoxy) is 2. The van der Waals surface area contributed by atoms with Gasteiger partial charge in [0, 0.05) is 37.1 Å². The SMILES string of the molecule is COc1ccc(-c2nc(CC(=O)Nc3ccccc3N3CCN(C)CC3)cs2)cc1OC. The van der Waals surface area contributed by atoms with Gasteiger partial charge >= 0.3 is 0 Å². The lowest BCUT2D eigenvalue weighted by Gasteiger charge is -2.35. The number of para-hydroxylation sites is 2. The predicted molar refractivity (Wildman–Crippen MR) is 129 cm³/mol. The Labute approximate surface area is 192 Å². The van der Waals surface area contributed by atoms with Crippen molar-refractivity contribution in [1.29, 1.82) is 0 Å². The Morgan fingerprint density at radius 3 is 2.56 bits per heavy atom. The molecule has 168 valence electrons. The number of carbonyl (C=O) groups is 1. The second-order valence-electron chi connectivity index (χ2n) is 7.75. The van der Waals surface area contributed by atoms with Crippen molar-refractivity contribution in [3.05, 3.63) is 53.5 Å². The Kier molecular flexibility index (Phi) is 6.92. The van der Waals surface area contributed by atoms with Gasteiger partial charge in [-0.15, -0.1) is 11.3 Å². The highest BCUT2D eigenvalue weighted by molar-refractivity contribution is 7.13. The summed E-state index contributed by atoms with van der Waals surface area (Å²) >= 11 is 1.51. The molecule has 1 aliphatic heterocycles. The molecule has 1 aromatic heterocycles. The second kappa shape index (κ2) is 10.0. The maximum atomic E-state index is 12.8. The molecule has 0 spiro atoms. The van der Waals surface area contributed by atoms with Gasteiger partial charge in [-0.05, 0) is 37.4 Å². The number of thiazole rings is 1. The minimum Gasteiger partial charge on any atom is -0.493 e. The van der Waals surface area contributed by atoms with Gasteiger partial charge in [0.1, 0.15) is 5.01 Å². The lowest BCUT2D eigenvalue weighted by Crippen LogP contribution is -2.44. The molecule has 4 rings (SSSR count). The second-order valence-corrected chi connectivity index (χ2v) is 8.60. The number of anilines is 2. The van der Waals surface area contributed by atoms with Crippen molar-refractivity contribution in [2.24, 2.45) is 0 Å². The first-order valence-electron chi connectivity index (χ1n) is 10.6. The molecular weight excluding hydrogens is 424 g/mol. The van der Waals surface area contributed by atoms with Crippen LogP contribution in [0.4, 0.5) is 11.4 Å². The zero-order valence-corrected chi connectivity index (χ0v) is 19.4. The Bertz CT molecular complexity index is 1080. The number of rotatable bonds is 7. The molecule has 2 heterocycles. The summed E-state index contributed by atoms with van der Waals surface area (Å²) in [5.41, 5.74) is 3.59. The monoisotopic (exact) mass is 452 g/mol. The van der Waals surface area contributed by atoms with Crippen LogP contribution in [0.3, 0.4) is 0 Å². The topological polar surface area (TPSA) is 66.9 Å². The number of likely N-dealkylation sites (N-methyl/N-ethyl adjacent to an activating group) is 1. The Morgan fingerprint density at radius 1 is 1.06 bits per heavy atom. The van der Waals surface area contributed by atoms with Crippen LogP contribution < -0.4 is 19.7 Å². The fourth-order valence-electron chi connectivity index (χ4n) is 3.75. The largest absolute Gasteiger partial charge is 0.493 e. The molecule has 3 aromatic rings. The first-order valence-corrected chi connectivity index (χ1v) is 11.4. The number of carbonyl (C=O) groups excluding carboxylic acids is 1. The summed E-state index contributed by atoms with van der Waals surface area (Å²) in [6.45, 7) is 3.92. The minimum atomic E-state index is -0.0734. The van der Waals surface area contributed by atoms with Gasteiger partial charge in [-0.2, -0.15) is 0 Å². The van der Waals surface area contributed by atoms with E-state index in [2.05, 4.69) is 33.2 Å². The zero-order valence-electron chi connectivity index (χ0n) is 18.6. The van der Waals surface area contributed by atoms with Crippen LogP contribution in [0.5, 0.6) is 11.5 Å². The van der Waals surface area contributed by atoms with E-state index in [-0.39, 0.29) is 12.3 Å². The van der Waals surface area contributed by atoms with Crippen molar-refractivity contribution in [3.8, 4) is 22.1 Å². The highest BCUT2D eigenvalue weighted by Gasteiger charge is 2.18. The average Bonchev–Trinajstić information content (AvgIpc) is 3.28. The van der Waals surface area contributed by atoms with Crippen molar-refractivity contribution in [3.63, 3.8) is 0 Å². The molecule has 0 bridgehead atoms. The van der Waals surface area contributed by atoms with E-state index in [1.807, 2.05) is 41.8 Å². The van der Waals surface area contributed by atoms with E-state index in [0.29, 0.717) is 11.5 Å². The van der Waals surface area contributed by atoms with E-state index in [1.165, 1.54) is 11.3 Å². The van der Waals surface area contributed by atoms with Gasteiger partial charge in [-0.3, -0.25) is 4.79 Å². The molecule has 0 saturated carbocycles. The molecule has 0 unspecified atom stereocenters. The molecule has 0 atom stereocenters. The first kappa shape index (κ1) is 22.1. The van der Waals surface area contributed by atoms with Crippen molar-refractivity contribution in [2.75, 3.05) is 57.7 Å². The summed E-state index contributed by atoms with van der Waals surface area (Å²) in [6.07, 6.45) is 0.223. The van der Waals surface area contributed by atoms with Crippen LogP contribution in [0.2, 0.25) is 0 Å². The Hall–Kier alpha value is -3.10. The predicted octanol–water partition coefficient (Wildman–Crippen LogP) is 3.76. The van der Waals surface area contributed by atoms with Gasteiger partial charge in [-0.1, -0.05) is 12.1 Å². The molecule has 1 aliphatic rings. The standard InChI is InChI=1S/C24H28N4O3S/c1-27-10-12-28(13-11-27)20-7-5-4-6-19(20)26-23(29)15-18-16-32-24(25-18)17-8-9-21(30-2)22(14-17)31-3/h4-9,14,16H,10-13,15H2,1-3H3,(H,26,29). The highest BCUT2D eigenvalue weighted by atomic mass is 32.1. The number of piperazine rings is 1. The summed E-state index contributed by atoms with van der Waals surface area (Å²) in [5.74, 6) is 1.25. The third kappa shape index (κ3) is 5.03. The normalized spacial score (nSPS) is 14.3. The number of methoxy groups -OCH3 is 2. The summed E-state index contributed by atoms with van der Waals surface area (Å²) in [6, 6.07) is 13.7. The number of nitrogens with zero attached hydrogens (tertiary/aromatic N) is 3. The van der Waals surface area contributed by atoms with Crippen LogP contribution in [0, 0.1) is 0 Å². The molecule has 2 aromatic carbocycles. The summed E-state index contributed by atoms with van der Waals surface area (Å²) in [5, 5.41) is 5.85. The molecule has 0 aliphatic carbocycles. The summed E-state index contributed by atoms with van der Waals surface area (Å²) in [4.78, 5) is 22.1. The van der Waals surface area contributed by atoms with Crippen LogP contribution in [0.1, 0.15) is 5.69 Å². The molecule has 32 heavy (non-hydrogen) atoms. The quantitative estimate of drug-likeness (QED) is 0.589. The van der Waals surface area contributed by atoms with Gasteiger partial charge in [0.15, 0.2) is 11.5 Å². The van der Waals surface area contributed by atoms with E-state index in [0.717, 1.165) is 53.8 Å². The lowest BCUT2D eigenvalue weighted by molar-refractivity contribution is -0.115. The van der Waals surface area contributed by atoms with Crippen LogP contribution in [-0.2, 0) is 11.2 Å². The lowest BCUT2D eigenvalue weighted by atomic mass is 10.2. The number of benzene rings is 2.